The summed E-state index contributed by atoms with van der Waals surface area (Å²) in [7, 11) is 2.03. The van der Waals surface area contributed by atoms with Gasteiger partial charge in [-0.3, -0.25) is 0 Å². The number of anilines is 1. The highest BCUT2D eigenvalue weighted by atomic mass is 16.5. The van der Waals surface area contributed by atoms with Gasteiger partial charge in [0.2, 0.25) is 0 Å². The van der Waals surface area contributed by atoms with E-state index in [2.05, 4.69) is 16.0 Å². The van der Waals surface area contributed by atoms with Gasteiger partial charge in [-0.1, -0.05) is 6.07 Å². The van der Waals surface area contributed by atoms with E-state index < -0.39 is 0 Å². The summed E-state index contributed by atoms with van der Waals surface area (Å²) in [6.07, 6.45) is 3.05. The van der Waals surface area contributed by atoms with Crippen molar-refractivity contribution in [2.45, 2.75) is 39.3 Å². The average molecular weight is 251 g/mol. The van der Waals surface area contributed by atoms with Crippen molar-refractivity contribution in [1.82, 2.24) is 4.98 Å². The maximum Gasteiger partial charge on any atom is 0.128 e. The minimum Gasteiger partial charge on any atom is -0.377 e. The van der Waals surface area contributed by atoms with Crippen molar-refractivity contribution in [1.29, 1.82) is 0 Å². The highest BCUT2D eigenvalue weighted by molar-refractivity contribution is 5.38. The van der Waals surface area contributed by atoms with Gasteiger partial charge in [0.05, 0.1) is 12.7 Å². The third-order valence-corrected chi connectivity index (χ3v) is 2.64. The molecule has 4 heteroatoms. The third kappa shape index (κ3) is 5.47. The molecule has 102 valence electrons. The van der Waals surface area contributed by atoms with Crippen LogP contribution in [0.15, 0.2) is 18.3 Å². The van der Waals surface area contributed by atoms with E-state index in [1.165, 1.54) is 5.56 Å². The standard InChI is InChI=1S/C14H25N3O/c1-11(2)18-8-7-17(4)14-6-5-13(10-16-14)9-12(3)15/h5-6,10-12H,7-9,15H2,1-4H3. The molecule has 0 amide bonds. The fourth-order valence-electron chi connectivity index (χ4n) is 1.67. The van der Waals surface area contributed by atoms with Gasteiger partial charge in [0.25, 0.3) is 0 Å². The molecule has 0 spiro atoms. The Morgan fingerprint density at radius 2 is 2.06 bits per heavy atom. The van der Waals surface area contributed by atoms with Crippen LogP contribution in [0.1, 0.15) is 26.3 Å². The summed E-state index contributed by atoms with van der Waals surface area (Å²) >= 11 is 0. The molecule has 4 nitrogen and oxygen atoms in total. The molecule has 1 aromatic rings. The lowest BCUT2D eigenvalue weighted by Gasteiger charge is -2.19. The Labute approximate surface area is 110 Å². The molecule has 0 aliphatic carbocycles. The Bertz CT molecular complexity index is 335. The van der Waals surface area contributed by atoms with E-state index in [0.29, 0.717) is 0 Å². The van der Waals surface area contributed by atoms with Gasteiger partial charge in [0.1, 0.15) is 5.82 Å². The number of pyridine rings is 1. The van der Waals surface area contributed by atoms with E-state index in [9.17, 15) is 0 Å². The molecule has 1 rings (SSSR count). The van der Waals surface area contributed by atoms with Gasteiger partial charge in [0, 0.05) is 25.8 Å². The Kier molecular flexibility index (Phi) is 6.09. The van der Waals surface area contributed by atoms with E-state index in [0.717, 1.165) is 25.4 Å². The van der Waals surface area contributed by atoms with Crippen LogP contribution in [0.5, 0.6) is 0 Å². The molecule has 0 aromatic carbocycles. The summed E-state index contributed by atoms with van der Waals surface area (Å²) in [6, 6.07) is 4.30. The molecule has 0 fully saturated rings. The number of hydrogen-bond donors (Lipinski definition) is 1. The second-order valence-corrected chi connectivity index (χ2v) is 5.05. The van der Waals surface area contributed by atoms with Crippen LogP contribution >= 0.6 is 0 Å². The van der Waals surface area contributed by atoms with E-state index in [4.69, 9.17) is 10.5 Å². The largest absolute Gasteiger partial charge is 0.377 e. The second-order valence-electron chi connectivity index (χ2n) is 5.05. The normalized spacial score (nSPS) is 12.8. The lowest BCUT2D eigenvalue weighted by atomic mass is 10.1. The van der Waals surface area contributed by atoms with Gasteiger partial charge in [-0.05, 0) is 38.8 Å². The maximum atomic E-state index is 5.76. The van der Waals surface area contributed by atoms with Crippen LogP contribution in [0.3, 0.4) is 0 Å². The number of hydrogen-bond acceptors (Lipinski definition) is 4. The van der Waals surface area contributed by atoms with Crippen molar-refractivity contribution in [2.75, 3.05) is 25.1 Å². The van der Waals surface area contributed by atoms with Crippen molar-refractivity contribution in [3.05, 3.63) is 23.9 Å². The first-order valence-corrected chi connectivity index (χ1v) is 6.52. The summed E-state index contributed by atoms with van der Waals surface area (Å²) in [4.78, 5) is 6.54. The molecule has 0 aliphatic rings. The number of nitrogens with zero attached hydrogens (tertiary/aromatic N) is 2. The Morgan fingerprint density at radius 3 is 2.56 bits per heavy atom. The first kappa shape index (κ1) is 14.9. The molecule has 0 aliphatic heterocycles. The van der Waals surface area contributed by atoms with Crippen molar-refractivity contribution in [2.24, 2.45) is 5.73 Å². The van der Waals surface area contributed by atoms with Crippen LogP contribution in [0, 0.1) is 0 Å². The van der Waals surface area contributed by atoms with E-state index in [-0.39, 0.29) is 12.1 Å². The molecule has 1 atom stereocenters. The van der Waals surface area contributed by atoms with E-state index >= 15 is 0 Å². The highest BCUT2D eigenvalue weighted by Gasteiger charge is 2.04. The van der Waals surface area contributed by atoms with Gasteiger partial charge in [-0.15, -0.1) is 0 Å². The summed E-state index contributed by atoms with van der Waals surface area (Å²) < 4.78 is 5.52. The predicted molar refractivity (Wildman–Crippen MR) is 75.9 cm³/mol. The zero-order valence-electron chi connectivity index (χ0n) is 11.9. The van der Waals surface area contributed by atoms with Crippen molar-refractivity contribution in [3.63, 3.8) is 0 Å². The van der Waals surface area contributed by atoms with Crippen LogP contribution in [-0.2, 0) is 11.2 Å². The number of likely N-dealkylation sites (N-methyl/N-ethyl adjacent to an activating group) is 1. The summed E-state index contributed by atoms with van der Waals surface area (Å²) in [5, 5.41) is 0. The first-order valence-electron chi connectivity index (χ1n) is 6.52. The second kappa shape index (κ2) is 7.34. The summed E-state index contributed by atoms with van der Waals surface area (Å²) in [6.45, 7) is 7.65. The van der Waals surface area contributed by atoms with Crippen molar-refractivity contribution in [3.8, 4) is 0 Å². The fraction of sp³-hybridized carbons (Fsp3) is 0.643. The predicted octanol–water partition coefficient (Wildman–Crippen LogP) is 1.83. The Hall–Kier alpha value is -1.13. The fourth-order valence-corrected chi connectivity index (χ4v) is 1.67. The topological polar surface area (TPSA) is 51.4 Å². The SMILES string of the molecule is CC(N)Cc1ccc(N(C)CCOC(C)C)nc1. The molecule has 0 bridgehead atoms. The number of aromatic nitrogens is 1. The Morgan fingerprint density at radius 1 is 1.33 bits per heavy atom. The molecule has 18 heavy (non-hydrogen) atoms. The zero-order chi connectivity index (χ0) is 13.5. The van der Waals surface area contributed by atoms with Gasteiger partial charge in [0.15, 0.2) is 0 Å². The van der Waals surface area contributed by atoms with Gasteiger partial charge in [-0.2, -0.15) is 0 Å². The number of rotatable bonds is 7. The number of ether oxygens (including phenoxy) is 1. The molecule has 1 unspecified atom stereocenters. The van der Waals surface area contributed by atoms with Crippen LogP contribution < -0.4 is 10.6 Å². The quantitative estimate of drug-likeness (QED) is 0.803. The first-order chi connectivity index (χ1) is 8.49. The molecule has 1 aromatic heterocycles. The maximum absolute atomic E-state index is 5.76. The lowest BCUT2D eigenvalue weighted by Crippen LogP contribution is -2.24. The molecule has 2 N–H and O–H groups in total. The molecular formula is C14H25N3O. The summed E-state index contributed by atoms with van der Waals surface area (Å²) in [5.74, 6) is 0.968. The molecular weight excluding hydrogens is 226 g/mol. The molecule has 0 saturated heterocycles. The lowest BCUT2D eigenvalue weighted by molar-refractivity contribution is 0.0845. The number of nitrogens with two attached hydrogens (primary N) is 1. The molecule has 0 saturated carbocycles. The Balaban J connectivity index is 2.46. The molecule has 0 radical (unpaired) electrons. The summed E-state index contributed by atoms with van der Waals surface area (Å²) in [5.41, 5.74) is 6.94. The van der Waals surface area contributed by atoms with Crippen molar-refractivity contribution >= 4 is 5.82 Å². The van der Waals surface area contributed by atoms with E-state index in [1.807, 2.05) is 40.1 Å². The van der Waals surface area contributed by atoms with Crippen LogP contribution in [0.25, 0.3) is 0 Å². The van der Waals surface area contributed by atoms with E-state index in [1.54, 1.807) is 0 Å². The van der Waals surface area contributed by atoms with Crippen LogP contribution in [0.4, 0.5) is 5.82 Å². The zero-order valence-corrected chi connectivity index (χ0v) is 11.9. The van der Waals surface area contributed by atoms with Crippen LogP contribution in [-0.4, -0.2) is 37.3 Å². The third-order valence-electron chi connectivity index (χ3n) is 2.64. The van der Waals surface area contributed by atoms with Gasteiger partial charge in [-0.25, -0.2) is 4.98 Å². The van der Waals surface area contributed by atoms with Crippen molar-refractivity contribution < 1.29 is 4.74 Å². The average Bonchev–Trinajstić information content (AvgIpc) is 2.28. The van der Waals surface area contributed by atoms with Gasteiger partial charge < -0.3 is 15.4 Å². The van der Waals surface area contributed by atoms with Crippen LogP contribution in [0.2, 0.25) is 0 Å². The smallest absolute Gasteiger partial charge is 0.128 e. The highest BCUT2D eigenvalue weighted by Crippen LogP contribution is 2.10. The monoisotopic (exact) mass is 251 g/mol. The minimum absolute atomic E-state index is 0.176. The van der Waals surface area contributed by atoms with Gasteiger partial charge >= 0.3 is 0 Å². The minimum atomic E-state index is 0.176. The molecule has 1 heterocycles.